The fourth-order valence-corrected chi connectivity index (χ4v) is 1.21. The maximum Gasteiger partial charge on any atom is 0.145 e. The third kappa shape index (κ3) is 1.76. The van der Waals surface area contributed by atoms with Gasteiger partial charge in [-0.2, -0.15) is 0 Å². The van der Waals surface area contributed by atoms with Crippen LogP contribution in [0, 0.1) is 5.82 Å². The topological polar surface area (TPSA) is 26.0 Å². The summed E-state index contributed by atoms with van der Waals surface area (Å²) >= 11 is 5.60. The van der Waals surface area contributed by atoms with Crippen LogP contribution in [0.3, 0.4) is 0 Å². The zero-order valence-corrected chi connectivity index (χ0v) is 7.61. The summed E-state index contributed by atoms with van der Waals surface area (Å²) in [5, 5.41) is 0.160. The first-order valence-electron chi connectivity index (χ1n) is 3.80. The zero-order valence-electron chi connectivity index (χ0n) is 6.85. The average Bonchev–Trinajstić information content (AvgIpc) is 2.08. The van der Waals surface area contributed by atoms with Gasteiger partial charge in [0, 0.05) is 0 Å². The van der Waals surface area contributed by atoms with Gasteiger partial charge in [0.2, 0.25) is 0 Å². The Bertz CT molecular complexity index is 275. The predicted molar refractivity (Wildman–Crippen MR) is 48.9 cm³/mol. The molecule has 1 atom stereocenters. The molecule has 0 spiro atoms. The molecule has 0 aromatic heterocycles. The largest absolute Gasteiger partial charge is 0.330 e. The van der Waals surface area contributed by atoms with E-state index in [1.807, 2.05) is 6.92 Å². The van der Waals surface area contributed by atoms with Crippen molar-refractivity contribution < 1.29 is 4.39 Å². The van der Waals surface area contributed by atoms with E-state index in [1.54, 1.807) is 12.1 Å². The molecule has 0 aliphatic rings. The lowest BCUT2D eigenvalue weighted by atomic mass is 10.0. The summed E-state index contributed by atoms with van der Waals surface area (Å²) in [4.78, 5) is 0. The van der Waals surface area contributed by atoms with Crippen molar-refractivity contribution in [2.24, 2.45) is 5.73 Å². The van der Waals surface area contributed by atoms with Crippen LogP contribution in [0.15, 0.2) is 18.2 Å². The van der Waals surface area contributed by atoms with Gasteiger partial charge in [-0.15, -0.1) is 0 Å². The normalized spacial score (nSPS) is 13.0. The van der Waals surface area contributed by atoms with Crippen LogP contribution < -0.4 is 5.73 Å². The van der Waals surface area contributed by atoms with Crippen molar-refractivity contribution >= 4 is 11.6 Å². The summed E-state index contributed by atoms with van der Waals surface area (Å²) in [6, 6.07) is 4.97. The Morgan fingerprint density at radius 1 is 1.58 bits per heavy atom. The summed E-state index contributed by atoms with van der Waals surface area (Å²) in [5.74, 6) is -0.333. The molecular formula is C9H11ClFN. The average molecular weight is 188 g/mol. The number of nitrogens with two attached hydrogens (primary N) is 1. The van der Waals surface area contributed by atoms with Gasteiger partial charge < -0.3 is 5.73 Å². The van der Waals surface area contributed by atoms with E-state index in [0.717, 1.165) is 0 Å². The minimum absolute atomic E-state index is 0.0173. The Labute approximate surface area is 76.3 Å². The van der Waals surface area contributed by atoms with Crippen molar-refractivity contribution in [2.45, 2.75) is 12.8 Å². The molecule has 2 N–H and O–H groups in total. The van der Waals surface area contributed by atoms with Crippen molar-refractivity contribution in [1.29, 1.82) is 0 Å². The summed E-state index contributed by atoms with van der Waals surface area (Å²) in [6.07, 6.45) is 0. The van der Waals surface area contributed by atoms with Crippen LogP contribution in [-0.4, -0.2) is 6.54 Å². The first-order valence-corrected chi connectivity index (χ1v) is 4.18. The third-order valence-electron chi connectivity index (χ3n) is 1.87. The molecule has 0 saturated heterocycles. The summed E-state index contributed by atoms with van der Waals surface area (Å²) in [5.41, 5.74) is 6.00. The minimum atomic E-state index is -0.350. The van der Waals surface area contributed by atoms with E-state index in [2.05, 4.69) is 0 Å². The van der Waals surface area contributed by atoms with Gasteiger partial charge in [-0.3, -0.25) is 0 Å². The quantitative estimate of drug-likeness (QED) is 0.757. The summed E-state index contributed by atoms with van der Waals surface area (Å²) in [7, 11) is 0. The number of hydrogen-bond acceptors (Lipinski definition) is 1. The molecule has 0 aliphatic heterocycles. The van der Waals surface area contributed by atoms with Gasteiger partial charge >= 0.3 is 0 Å². The highest BCUT2D eigenvalue weighted by atomic mass is 35.5. The molecule has 1 aromatic rings. The molecule has 0 heterocycles. The molecule has 0 radical (unpaired) electrons. The lowest BCUT2D eigenvalue weighted by Gasteiger charge is -2.10. The second kappa shape index (κ2) is 3.87. The zero-order chi connectivity index (χ0) is 9.14. The maximum atomic E-state index is 13.3. The second-order valence-corrected chi connectivity index (χ2v) is 3.19. The smallest absolute Gasteiger partial charge is 0.145 e. The molecule has 12 heavy (non-hydrogen) atoms. The monoisotopic (exact) mass is 187 g/mol. The van der Waals surface area contributed by atoms with Crippen LogP contribution in [0.4, 0.5) is 4.39 Å². The number of hydrogen-bond donors (Lipinski definition) is 1. The Morgan fingerprint density at radius 3 is 2.83 bits per heavy atom. The van der Waals surface area contributed by atoms with Gasteiger partial charge in [0.1, 0.15) is 5.82 Å². The van der Waals surface area contributed by atoms with Crippen LogP contribution in [0.2, 0.25) is 5.02 Å². The molecule has 0 bridgehead atoms. The van der Waals surface area contributed by atoms with Gasteiger partial charge in [-0.1, -0.05) is 30.7 Å². The standard InChI is InChI=1S/C9H11ClFN/c1-6(5-12)7-3-2-4-8(10)9(7)11/h2-4,6H,5,12H2,1H3. The lowest BCUT2D eigenvalue weighted by Crippen LogP contribution is -2.10. The van der Waals surface area contributed by atoms with Gasteiger partial charge in [0.25, 0.3) is 0 Å². The highest BCUT2D eigenvalue weighted by Crippen LogP contribution is 2.23. The van der Waals surface area contributed by atoms with Gasteiger partial charge in [-0.25, -0.2) is 4.39 Å². The molecule has 0 aliphatic carbocycles. The molecule has 0 saturated carbocycles. The SMILES string of the molecule is CC(CN)c1cccc(Cl)c1F. The Balaban J connectivity index is 3.07. The fourth-order valence-electron chi connectivity index (χ4n) is 1.03. The van der Waals surface area contributed by atoms with E-state index in [0.29, 0.717) is 12.1 Å². The van der Waals surface area contributed by atoms with Crippen molar-refractivity contribution in [2.75, 3.05) is 6.54 Å². The molecule has 1 nitrogen and oxygen atoms in total. The Hall–Kier alpha value is -0.600. The molecule has 0 amide bonds. The predicted octanol–water partition coefficient (Wildman–Crippen LogP) is 2.54. The number of benzene rings is 1. The number of halogens is 2. The van der Waals surface area contributed by atoms with Gasteiger partial charge in [-0.05, 0) is 24.1 Å². The number of rotatable bonds is 2. The summed E-state index contributed by atoms with van der Waals surface area (Å²) < 4.78 is 13.3. The van der Waals surface area contributed by atoms with Crippen LogP contribution in [0.1, 0.15) is 18.4 Å². The molecule has 1 unspecified atom stereocenters. The van der Waals surface area contributed by atoms with Crippen molar-refractivity contribution in [3.8, 4) is 0 Å². The molecule has 3 heteroatoms. The van der Waals surface area contributed by atoms with Crippen LogP contribution in [0.5, 0.6) is 0 Å². The fraction of sp³-hybridized carbons (Fsp3) is 0.333. The highest BCUT2D eigenvalue weighted by molar-refractivity contribution is 6.30. The van der Waals surface area contributed by atoms with Crippen molar-refractivity contribution in [1.82, 2.24) is 0 Å². The van der Waals surface area contributed by atoms with Crippen molar-refractivity contribution in [3.05, 3.63) is 34.6 Å². The second-order valence-electron chi connectivity index (χ2n) is 2.78. The minimum Gasteiger partial charge on any atom is -0.330 e. The molecule has 1 aromatic carbocycles. The Kier molecular flexibility index (Phi) is 3.06. The van der Waals surface area contributed by atoms with E-state index in [4.69, 9.17) is 17.3 Å². The first kappa shape index (κ1) is 9.49. The van der Waals surface area contributed by atoms with Crippen LogP contribution in [0.25, 0.3) is 0 Å². The van der Waals surface area contributed by atoms with E-state index >= 15 is 0 Å². The molecule has 66 valence electrons. The van der Waals surface area contributed by atoms with Crippen molar-refractivity contribution in [3.63, 3.8) is 0 Å². The van der Waals surface area contributed by atoms with E-state index < -0.39 is 0 Å². The maximum absolute atomic E-state index is 13.3. The lowest BCUT2D eigenvalue weighted by molar-refractivity contribution is 0.591. The van der Waals surface area contributed by atoms with E-state index in [9.17, 15) is 4.39 Å². The first-order chi connectivity index (χ1) is 5.66. The van der Waals surface area contributed by atoms with Crippen LogP contribution >= 0.6 is 11.6 Å². The Morgan fingerprint density at radius 2 is 2.25 bits per heavy atom. The summed E-state index contributed by atoms with van der Waals surface area (Å²) in [6.45, 7) is 2.30. The molecule has 1 rings (SSSR count). The van der Waals surface area contributed by atoms with Crippen LogP contribution in [-0.2, 0) is 0 Å². The van der Waals surface area contributed by atoms with E-state index in [1.165, 1.54) is 6.07 Å². The highest BCUT2D eigenvalue weighted by Gasteiger charge is 2.10. The van der Waals surface area contributed by atoms with Gasteiger partial charge in [0.05, 0.1) is 5.02 Å². The van der Waals surface area contributed by atoms with Gasteiger partial charge in [0.15, 0.2) is 0 Å². The van der Waals surface area contributed by atoms with E-state index in [-0.39, 0.29) is 16.8 Å². The molecule has 0 fully saturated rings. The molecular weight excluding hydrogens is 177 g/mol. The third-order valence-corrected chi connectivity index (χ3v) is 2.16.